The predicted molar refractivity (Wildman–Crippen MR) is 109 cm³/mol. The summed E-state index contributed by atoms with van der Waals surface area (Å²) < 4.78 is 32.1. The van der Waals surface area contributed by atoms with E-state index >= 15 is 0 Å². The molecular formula is C19H22ClN3O5S. The summed E-state index contributed by atoms with van der Waals surface area (Å²) in [6.07, 6.45) is 0. The van der Waals surface area contributed by atoms with Gasteiger partial charge in [-0.1, -0.05) is 25.4 Å². The molecule has 0 saturated carbocycles. The van der Waals surface area contributed by atoms with Crippen molar-refractivity contribution >= 4 is 33.4 Å². The molecule has 2 amide bonds. The van der Waals surface area contributed by atoms with Gasteiger partial charge in [-0.2, -0.15) is 4.31 Å². The van der Waals surface area contributed by atoms with Gasteiger partial charge in [-0.3, -0.25) is 20.4 Å². The van der Waals surface area contributed by atoms with E-state index in [1.165, 1.54) is 41.7 Å². The molecule has 2 rings (SSSR count). The number of carbonyl (C=O) groups is 2. The number of rotatable bonds is 7. The van der Waals surface area contributed by atoms with Crippen LogP contribution >= 0.6 is 11.6 Å². The van der Waals surface area contributed by atoms with E-state index in [2.05, 4.69) is 10.9 Å². The van der Waals surface area contributed by atoms with Crippen LogP contribution in [0.25, 0.3) is 0 Å². The Morgan fingerprint density at radius 1 is 0.966 bits per heavy atom. The summed E-state index contributed by atoms with van der Waals surface area (Å²) in [5, 5.41) is 0.478. The number of halogens is 1. The third-order valence-electron chi connectivity index (χ3n) is 4.15. The minimum atomic E-state index is -3.85. The fraction of sp³-hybridized carbons (Fsp3) is 0.263. The Labute approximate surface area is 174 Å². The summed E-state index contributed by atoms with van der Waals surface area (Å²) in [6.45, 7) is 3.98. The standard InChI is InChI=1S/C19H22ClN3O5S/c1-4-23(5-2)29(26,27)17-12-14(8-11-16(17)28-3)19(25)22-21-18(24)13-6-9-15(20)10-7-13/h6-12H,4-5H2,1-3H3,(H,21,24)(H,22,25). The maximum atomic E-state index is 12.9. The van der Waals surface area contributed by atoms with Crippen molar-refractivity contribution in [3.63, 3.8) is 0 Å². The quantitative estimate of drug-likeness (QED) is 0.645. The Balaban J connectivity index is 2.23. The van der Waals surface area contributed by atoms with E-state index in [9.17, 15) is 18.0 Å². The number of amides is 2. The van der Waals surface area contributed by atoms with Crippen LogP contribution in [0.15, 0.2) is 47.4 Å². The van der Waals surface area contributed by atoms with E-state index in [1.54, 1.807) is 26.0 Å². The lowest BCUT2D eigenvalue weighted by Gasteiger charge is -2.20. The van der Waals surface area contributed by atoms with Crippen molar-refractivity contribution in [1.82, 2.24) is 15.2 Å². The summed E-state index contributed by atoms with van der Waals surface area (Å²) in [7, 11) is -2.50. The van der Waals surface area contributed by atoms with Gasteiger partial charge in [0.05, 0.1) is 7.11 Å². The Morgan fingerprint density at radius 2 is 1.48 bits per heavy atom. The molecule has 0 aliphatic rings. The number of benzene rings is 2. The van der Waals surface area contributed by atoms with Crippen LogP contribution < -0.4 is 15.6 Å². The first-order valence-corrected chi connectivity index (χ1v) is 10.6. The van der Waals surface area contributed by atoms with Gasteiger partial charge in [0.2, 0.25) is 10.0 Å². The lowest BCUT2D eigenvalue weighted by atomic mass is 10.2. The maximum Gasteiger partial charge on any atom is 0.269 e. The van der Waals surface area contributed by atoms with Gasteiger partial charge in [-0.05, 0) is 42.5 Å². The molecule has 29 heavy (non-hydrogen) atoms. The molecule has 8 nitrogen and oxygen atoms in total. The van der Waals surface area contributed by atoms with E-state index in [1.807, 2.05) is 0 Å². The summed E-state index contributed by atoms with van der Waals surface area (Å²) in [5.74, 6) is -1.09. The lowest BCUT2D eigenvalue weighted by molar-refractivity contribution is 0.0846. The number of hydrogen-bond donors (Lipinski definition) is 2. The molecule has 156 valence electrons. The van der Waals surface area contributed by atoms with Gasteiger partial charge in [0.1, 0.15) is 10.6 Å². The molecule has 0 heterocycles. The lowest BCUT2D eigenvalue weighted by Crippen LogP contribution is -2.41. The number of hydrazine groups is 1. The summed E-state index contributed by atoms with van der Waals surface area (Å²) in [4.78, 5) is 24.4. The first-order valence-electron chi connectivity index (χ1n) is 8.79. The number of ether oxygens (including phenoxy) is 1. The first-order chi connectivity index (χ1) is 13.7. The maximum absolute atomic E-state index is 12.9. The van der Waals surface area contributed by atoms with Crippen LogP contribution in [0.4, 0.5) is 0 Å². The number of carbonyl (C=O) groups excluding carboxylic acids is 2. The van der Waals surface area contributed by atoms with Crippen molar-refractivity contribution in [1.29, 1.82) is 0 Å². The minimum Gasteiger partial charge on any atom is -0.495 e. The van der Waals surface area contributed by atoms with Gasteiger partial charge in [-0.15, -0.1) is 0 Å². The first kappa shape index (κ1) is 22.7. The second kappa shape index (κ2) is 9.73. The summed E-state index contributed by atoms with van der Waals surface area (Å²) in [5.41, 5.74) is 4.89. The Morgan fingerprint density at radius 3 is 2.00 bits per heavy atom. The Hall–Kier alpha value is -2.62. The SMILES string of the molecule is CCN(CC)S(=O)(=O)c1cc(C(=O)NNC(=O)c2ccc(Cl)cc2)ccc1OC. The van der Waals surface area contributed by atoms with E-state index < -0.39 is 21.8 Å². The third-order valence-corrected chi connectivity index (χ3v) is 6.47. The molecule has 0 aromatic heterocycles. The Kier molecular flexibility index (Phi) is 7.60. The number of hydrogen-bond acceptors (Lipinski definition) is 5. The third kappa shape index (κ3) is 5.26. The highest BCUT2D eigenvalue weighted by atomic mass is 35.5. The molecule has 0 fully saturated rings. The molecule has 0 bridgehead atoms. The summed E-state index contributed by atoms with van der Waals surface area (Å²) >= 11 is 5.78. The molecule has 0 spiro atoms. The molecule has 2 N–H and O–H groups in total. The van der Waals surface area contributed by atoms with Crippen LogP contribution in [0.5, 0.6) is 5.75 Å². The van der Waals surface area contributed by atoms with E-state index in [0.29, 0.717) is 10.6 Å². The number of sulfonamides is 1. The number of nitrogens with zero attached hydrogens (tertiary/aromatic N) is 1. The molecule has 2 aromatic carbocycles. The summed E-state index contributed by atoms with van der Waals surface area (Å²) in [6, 6.07) is 10.1. The molecular weight excluding hydrogens is 418 g/mol. The predicted octanol–water partition coefficient (Wildman–Crippen LogP) is 2.45. The van der Waals surface area contributed by atoms with Crippen molar-refractivity contribution < 1.29 is 22.7 Å². The van der Waals surface area contributed by atoms with Crippen molar-refractivity contribution in [2.24, 2.45) is 0 Å². The van der Waals surface area contributed by atoms with Crippen LogP contribution in [0.2, 0.25) is 5.02 Å². The molecule has 0 saturated heterocycles. The Bertz CT molecular complexity index is 989. The smallest absolute Gasteiger partial charge is 0.269 e. The average Bonchev–Trinajstić information content (AvgIpc) is 2.72. The van der Waals surface area contributed by atoms with Crippen molar-refractivity contribution in [2.75, 3.05) is 20.2 Å². The normalized spacial score (nSPS) is 11.2. The molecule has 0 aliphatic carbocycles. The van der Waals surface area contributed by atoms with Crippen LogP contribution in [-0.4, -0.2) is 44.7 Å². The van der Waals surface area contributed by atoms with Gasteiger partial charge in [0.15, 0.2) is 0 Å². The van der Waals surface area contributed by atoms with Gasteiger partial charge < -0.3 is 4.74 Å². The van der Waals surface area contributed by atoms with Crippen LogP contribution in [0.3, 0.4) is 0 Å². The van der Waals surface area contributed by atoms with Crippen LogP contribution in [-0.2, 0) is 10.0 Å². The zero-order valence-corrected chi connectivity index (χ0v) is 17.8. The fourth-order valence-corrected chi connectivity index (χ4v) is 4.35. The molecule has 2 aromatic rings. The van der Waals surface area contributed by atoms with Crippen LogP contribution in [0, 0.1) is 0 Å². The van der Waals surface area contributed by atoms with Crippen molar-refractivity contribution in [3.05, 3.63) is 58.6 Å². The number of nitrogens with one attached hydrogen (secondary N) is 2. The zero-order chi connectivity index (χ0) is 21.6. The van der Waals surface area contributed by atoms with Crippen LogP contribution in [0.1, 0.15) is 34.6 Å². The highest BCUT2D eigenvalue weighted by Gasteiger charge is 2.26. The second-order valence-corrected chi connectivity index (χ2v) is 8.21. The highest BCUT2D eigenvalue weighted by molar-refractivity contribution is 7.89. The molecule has 0 unspecified atom stereocenters. The highest BCUT2D eigenvalue weighted by Crippen LogP contribution is 2.27. The zero-order valence-electron chi connectivity index (χ0n) is 16.2. The van der Waals surface area contributed by atoms with Crippen molar-refractivity contribution in [3.8, 4) is 5.75 Å². The van der Waals surface area contributed by atoms with Crippen molar-refractivity contribution in [2.45, 2.75) is 18.7 Å². The monoisotopic (exact) mass is 439 g/mol. The number of methoxy groups -OCH3 is 1. The molecule has 10 heteroatoms. The van der Waals surface area contributed by atoms with Gasteiger partial charge in [0.25, 0.3) is 11.8 Å². The van der Waals surface area contributed by atoms with Gasteiger partial charge in [0, 0.05) is 29.2 Å². The molecule has 0 aliphatic heterocycles. The topological polar surface area (TPSA) is 105 Å². The van der Waals surface area contributed by atoms with E-state index in [4.69, 9.17) is 16.3 Å². The van der Waals surface area contributed by atoms with E-state index in [-0.39, 0.29) is 29.3 Å². The second-order valence-electron chi connectivity index (χ2n) is 5.87. The molecule has 0 radical (unpaired) electrons. The largest absolute Gasteiger partial charge is 0.495 e. The average molecular weight is 440 g/mol. The minimum absolute atomic E-state index is 0.0490. The molecule has 0 atom stereocenters. The van der Waals surface area contributed by atoms with Gasteiger partial charge >= 0.3 is 0 Å². The van der Waals surface area contributed by atoms with Gasteiger partial charge in [-0.25, -0.2) is 8.42 Å². The fourth-order valence-electron chi connectivity index (χ4n) is 2.58. The van der Waals surface area contributed by atoms with E-state index in [0.717, 1.165) is 0 Å².